The number of aromatic nitrogens is 2. The van der Waals surface area contributed by atoms with E-state index in [9.17, 15) is 18.0 Å². The summed E-state index contributed by atoms with van der Waals surface area (Å²) in [5.74, 6) is 0.357. The third-order valence-corrected chi connectivity index (χ3v) is 6.84. The van der Waals surface area contributed by atoms with Gasteiger partial charge in [0.1, 0.15) is 23.2 Å². The summed E-state index contributed by atoms with van der Waals surface area (Å²) in [6.45, 7) is 0.840. The maximum atomic E-state index is 13.9. The monoisotopic (exact) mass is 504 g/mol. The molecule has 0 spiro atoms. The number of rotatable bonds is 4. The van der Waals surface area contributed by atoms with Crippen molar-refractivity contribution in [3.8, 4) is 5.75 Å². The number of likely N-dealkylation sites (tertiary alicyclic amines) is 1. The lowest BCUT2D eigenvalue weighted by atomic mass is 9.96. The highest BCUT2D eigenvalue weighted by Crippen LogP contribution is 2.44. The molecule has 1 aromatic heterocycles. The van der Waals surface area contributed by atoms with E-state index in [2.05, 4.69) is 10.4 Å². The van der Waals surface area contributed by atoms with E-state index in [0.717, 1.165) is 10.2 Å². The number of para-hydroxylation sites is 1. The van der Waals surface area contributed by atoms with Crippen LogP contribution in [0.15, 0.2) is 60.8 Å². The molecule has 0 aliphatic carbocycles. The molecule has 6 nitrogen and oxygen atoms in total. The lowest BCUT2D eigenvalue weighted by Gasteiger charge is -2.35. The molecule has 2 aliphatic rings. The van der Waals surface area contributed by atoms with Gasteiger partial charge in [0.2, 0.25) is 0 Å². The molecule has 1 fully saturated rings. The first-order chi connectivity index (χ1) is 16.8. The Morgan fingerprint density at radius 1 is 1.06 bits per heavy atom. The van der Waals surface area contributed by atoms with Gasteiger partial charge in [-0.2, -0.15) is 18.3 Å². The van der Waals surface area contributed by atoms with Crippen molar-refractivity contribution in [2.75, 3.05) is 18.4 Å². The lowest BCUT2D eigenvalue weighted by Crippen LogP contribution is -2.42. The number of benzene rings is 2. The topological polar surface area (TPSA) is 59.4 Å². The zero-order chi connectivity index (χ0) is 24.6. The maximum Gasteiger partial charge on any atom is 0.410 e. The highest BCUT2D eigenvalue weighted by molar-refractivity contribution is 6.32. The number of alkyl halides is 3. The molecule has 0 bridgehead atoms. The molecule has 0 saturated carbocycles. The third kappa shape index (κ3) is 4.82. The molecule has 1 N–H and O–H groups in total. The van der Waals surface area contributed by atoms with Crippen molar-refractivity contribution < 1.29 is 22.7 Å². The predicted molar refractivity (Wildman–Crippen MR) is 126 cm³/mol. The van der Waals surface area contributed by atoms with E-state index in [1.54, 1.807) is 41.3 Å². The SMILES string of the molecule is O=C(c1cnn2c1NC(c1ccccc1)CC2C(F)(F)F)N1CCC(Oc2ccccc2Cl)CC1. The van der Waals surface area contributed by atoms with Crippen LogP contribution in [-0.2, 0) is 0 Å². The number of nitrogens with zero attached hydrogens (tertiary/aromatic N) is 3. The van der Waals surface area contributed by atoms with Gasteiger partial charge in [-0.3, -0.25) is 4.79 Å². The number of anilines is 1. The standard InChI is InChI=1S/C25H24ClF3N4O2/c26-19-8-4-5-9-21(19)35-17-10-12-32(13-11-17)24(34)18-15-30-33-22(25(27,28)29)14-20(31-23(18)33)16-6-2-1-3-7-16/h1-9,15,17,20,22,31H,10-14H2. The number of amides is 1. The number of nitrogens with one attached hydrogen (secondary N) is 1. The molecule has 2 aliphatic heterocycles. The van der Waals surface area contributed by atoms with Crippen LogP contribution in [0.2, 0.25) is 5.02 Å². The first-order valence-corrected chi connectivity index (χ1v) is 11.8. The zero-order valence-corrected chi connectivity index (χ0v) is 19.5. The molecule has 2 aromatic carbocycles. The van der Waals surface area contributed by atoms with Gasteiger partial charge in [-0.15, -0.1) is 0 Å². The number of carbonyl (C=O) groups excluding carboxylic acids is 1. The van der Waals surface area contributed by atoms with Crippen LogP contribution in [-0.4, -0.2) is 46.0 Å². The summed E-state index contributed by atoms with van der Waals surface area (Å²) >= 11 is 6.17. The number of hydrogen-bond acceptors (Lipinski definition) is 4. The number of carbonyl (C=O) groups is 1. The Morgan fingerprint density at radius 2 is 1.74 bits per heavy atom. The summed E-state index contributed by atoms with van der Waals surface area (Å²) in [5, 5.41) is 7.65. The highest BCUT2D eigenvalue weighted by atomic mass is 35.5. The van der Waals surface area contributed by atoms with Crippen molar-refractivity contribution in [2.45, 2.75) is 43.6 Å². The van der Waals surface area contributed by atoms with Gasteiger partial charge in [0.25, 0.3) is 5.91 Å². The van der Waals surface area contributed by atoms with Gasteiger partial charge < -0.3 is 15.0 Å². The predicted octanol–water partition coefficient (Wildman–Crippen LogP) is 5.88. The Bertz CT molecular complexity index is 1190. The zero-order valence-electron chi connectivity index (χ0n) is 18.7. The van der Waals surface area contributed by atoms with Gasteiger partial charge >= 0.3 is 6.18 Å². The molecule has 184 valence electrons. The molecule has 1 saturated heterocycles. The molecule has 35 heavy (non-hydrogen) atoms. The molecule has 10 heteroatoms. The van der Waals surface area contributed by atoms with Crippen LogP contribution < -0.4 is 10.1 Å². The Labute approximate surface area is 205 Å². The van der Waals surface area contributed by atoms with Crippen LogP contribution >= 0.6 is 11.6 Å². The number of hydrogen-bond donors (Lipinski definition) is 1. The molecule has 0 radical (unpaired) electrons. The summed E-state index contributed by atoms with van der Waals surface area (Å²) in [5.41, 5.74) is 0.871. The quantitative estimate of drug-likeness (QED) is 0.482. The van der Waals surface area contributed by atoms with E-state index in [4.69, 9.17) is 16.3 Å². The van der Waals surface area contributed by atoms with Crippen LogP contribution in [0.3, 0.4) is 0 Å². The summed E-state index contributed by atoms with van der Waals surface area (Å²) in [6, 6.07) is 13.7. The van der Waals surface area contributed by atoms with Gasteiger partial charge in [-0.25, -0.2) is 4.68 Å². The number of ether oxygens (including phenoxy) is 1. The minimum atomic E-state index is -4.50. The van der Waals surface area contributed by atoms with E-state index in [0.29, 0.717) is 36.7 Å². The second-order valence-electron chi connectivity index (χ2n) is 8.79. The van der Waals surface area contributed by atoms with Crippen molar-refractivity contribution >= 4 is 23.3 Å². The fraction of sp³-hybridized carbons (Fsp3) is 0.360. The summed E-state index contributed by atoms with van der Waals surface area (Å²) in [7, 11) is 0. The Balaban J connectivity index is 1.33. The van der Waals surface area contributed by atoms with Crippen molar-refractivity contribution in [3.05, 3.63) is 76.9 Å². The Hall–Kier alpha value is -3.20. The van der Waals surface area contributed by atoms with Gasteiger partial charge in [0, 0.05) is 32.4 Å². The summed E-state index contributed by atoms with van der Waals surface area (Å²) in [4.78, 5) is 15.0. The molecular weight excluding hydrogens is 481 g/mol. The van der Waals surface area contributed by atoms with Gasteiger partial charge in [-0.1, -0.05) is 54.1 Å². The molecule has 3 heterocycles. The fourth-order valence-electron chi connectivity index (χ4n) is 4.69. The van der Waals surface area contributed by atoms with Gasteiger partial charge in [0.15, 0.2) is 6.04 Å². The van der Waals surface area contributed by atoms with E-state index in [1.165, 1.54) is 6.20 Å². The van der Waals surface area contributed by atoms with Crippen LogP contribution in [0.5, 0.6) is 5.75 Å². The Kier molecular flexibility index (Phi) is 6.35. The van der Waals surface area contributed by atoms with E-state index in [1.807, 2.05) is 18.2 Å². The molecule has 3 aromatic rings. The second-order valence-corrected chi connectivity index (χ2v) is 9.20. The highest BCUT2D eigenvalue weighted by Gasteiger charge is 2.47. The van der Waals surface area contributed by atoms with Crippen molar-refractivity contribution in [1.29, 1.82) is 0 Å². The number of piperidine rings is 1. The average molecular weight is 505 g/mol. The van der Waals surface area contributed by atoms with Crippen molar-refractivity contribution in [2.24, 2.45) is 0 Å². The van der Waals surface area contributed by atoms with E-state index < -0.39 is 18.3 Å². The first-order valence-electron chi connectivity index (χ1n) is 11.5. The van der Waals surface area contributed by atoms with E-state index in [-0.39, 0.29) is 29.8 Å². The molecular formula is C25H24ClF3N4O2. The van der Waals surface area contributed by atoms with Crippen molar-refractivity contribution in [1.82, 2.24) is 14.7 Å². The smallest absolute Gasteiger partial charge is 0.410 e. The molecule has 2 unspecified atom stereocenters. The van der Waals surface area contributed by atoms with Gasteiger partial charge in [-0.05, 0) is 17.7 Å². The Morgan fingerprint density at radius 3 is 2.43 bits per heavy atom. The number of fused-ring (bicyclic) bond motifs is 1. The first kappa shape index (κ1) is 23.5. The van der Waals surface area contributed by atoms with Crippen LogP contribution in [0.4, 0.5) is 19.0 Å². The normalized spacial score (nSPS) is 20.7. The fourth-order valence-corrected chi connectivity index (χ4v) is 4.87. The molecule has 5 rings (SSSR count). The third-order valence-electron chi connectivity index (χ3n) is 6.53. The molecule has 1 amide bonds. The maximum absolute atomic E-state index is 13.9. The van der Waals surface area contributed by atoms with Gasteiger partial charge in [0.05, 0.1) is 17.3 Å². The van der Waals surface area contributed by atoms with Crippen LogP contribution in [0.25, 0.3) is 0 Å². The minimum Gasteiger partial charge on any atom is -0.489 e. The summed E-state index contributed by atoms with van der Waals surface area (Å²) in [6.07, 6.45) is -2.39. The van der Waals surface area contributed by atoms with E-state index >= 15 is 0 Å². The second kappa shape index (κ2) is 9.45. The molecule has 2 atom stereocenters. The largest absolute Gasteiger partial charge is 0.489 e. The summed E-state index contributed by atoms with van der Waals surface area (Å²) < 4.78 is 48.6. The average Bonchev–Trinajstić information content (AvgIpc) is 3.29. The van der Waals surface area contributed by atoms with Crippen molar-refractivity contribution in [3.63, 3.8) is 0 Å². The lowest BCUT2D eigenvalue weighted by molar-refractivity contribution is -0.173. The minimum absolute atomic E-state index is 0.102. The van der Waals surface area contributed by atoms with Crippen LogP contribution in [0.1, 0.15) is 47.3 Å². The number of halogens is 4. The van der Waals surface area contributed by atoms with Crippen LogP contribution in [0, 0.1) is 0 Å².